The van der Waals surface area contributed by atoms with Gasteiger partial charge in [-0.2, -0.15) is 0 Å². The van der Waals surface area contributed by atoms with Crippen LogP contribution in [0.2, 0.25) is 0 Å². The first kappa shape index (κ1) is 15.5. The van der Waals surface area contributed by atoms with Crippen LogP contribution in [0.25, 0.3) is 0 Å². The SMILES string of the molecule is COCCn1cncc1CN1CCC[C@H](N2CCCC2=O)C1. The van der Waals surface area contributed by atoms with Crippen LogP contribution in [0, 0.1) is 0 Å². The number of hydrogen-bond donors (Lipinski definition) is 0. The first-order valence-electron chi connectivity index (χ1n) is 8.27. The predicted molar refractivity (Wildman–Crippen MR) is 83.3 cm³/mol. The molecule has 2 fully saturated rings. The van der Waals surface area contributed by atoms with E-state index in [1.807, 2.05) is 12.5 Å². The minimum Gasteiger partial charge on any atom is -0.383 e. The lowest BCUT2D eigenvalue weighted by Crippen LogP contribution is -2.48. The lowest BCUT2D eigenvalue weighted by atomic mass is 10.0. The smallest absolute Gasteiger partial charge is 0.222 e. The quantitative estimate of drug-likeness (QED) is 0.790. The van der Waals surface area contributed by atoms with E-state index in [1.54, 1.807) is 7.11 Å². The summed E-state index contributed by atoms with van der Waals surface area (Å²) in [7, 11) is 1.72. The maximum Gasteiger partial charge on any atom is 0.222 e. The van der Waals surface area contributed by atoms with Gasteiger partial charge in [-0.15, -0.1) is 0 Å². The molecule has 0 spiro atoms. The van der Waals surface area contributed by atoms with Gasteiger partial charge in [0, 0.05) is 51.9 Å². The lowest BCUT2D eigenvalue weighted by molar-refractivity contribution is -0.130. The molecule has 6 heteroatoms. The Balaban J connectivity index is 1.58. The van der Waals surface area contributed by atoms with Crippen molar-refractivity contribution in [2.45, 2.75) is 44.8 Å². The van der Waals surface area contributed by atoms with Crippen molar-refractivity contribution in [3.8, 4) is 0 Å². The number of aromatic nitrogens is 2. The number of carbonyl (C=O) groups excluding carboxylic acids is 1. The number of carbonyl (C=O) groups is 1. The van der Waals surface area contributed by atoms with Crippen LogP contribution in [0.5, 0.6) is 0 Å². The molecule has 3 rings (SSSR count). The van der Waals surface area contributed by atoms with Crippen LogP contribution < -0.4 is 0 Å². The number of methoxy groups -OCH3 is 1. The molecule has 1 atom stereocenters. The Morgan fingerprint density at radius 2 is 2.27 bits per heavy atom. The highest BCUT2D eigenvalue weighted by molar-refractivity contribution is 5.78. The summed E-state index contributed by atoms with van der Waals surface area (Å²) >= 11 is 0. The third-order valence-electron chi connectivity index (χ3n) is 4.75. The van der Waals surface area contributed by atoms with Crippen LogP contribution in [0.1, 0.15) is 31.4 Å². The highest BCUT2D eigenvalue weighted by Gasteiger charge is 2.31. The summed E-state index contributed by atoms with van der Waals surface area (Å²) < 4.78 is 7.31. The number of ether oxygens (including phenoxy) is 1. The summed E-state index contributed by atoms with van der Waals surface area (Å²) in [6, 6.07) is 0.402. The fourth-order valence-electron chi connectivity index (χ4n) is 3.58. The number of nitrogens with zero attached hydrogens (tertiary/aromatic N) is 4. The van der Waals surface area contributed by atoms with Crippen LogP contribution in [-0.4, -0.2) is 64.7 Å². The maximum atomic E-state index is 11.9. The summed E-state index contributed by atoms with van der Waals surface area (Å²) in [5.74, 6) is 0.344. The molecule has 1 amide bonds. The van der Waals surface area contributed by atoms with Gasteiger partial charge in [-0.1, -0.05) is 0 Å². The molecule has 0 aromatic carbocycles. The van der Waals surface area contributed by atoms with Crippen molar-refractivity contribution in [3.05, 3.63) is 18.2 Å². The Labute approximate surface area is 132 Å². The van der Waals surface area contributed by atoms with Gasteiger partial charge >= 0.3 is 0 Å². The normalized spacial score (nSPS) is 23.4. The monoisotopic (exact) mass is 306 g/mol. The molecule has 2 saturated heterocycles. The lowest BCUT2D eigenvalue weighted by Gasteiger charge is -2.37. The summed E-state index contributed by atoms with van der Waals surface area (Å²) in [4.78, 5) is 20.8. The highest BCUT2D eigenvalue weighted by atomic mass is 16.5. The molecular formula is C16H26N4O2. The first-order valence-corrected chi connectivity index (χ1v) is 8.27. The van der Waals surface area contributed by atoms with Crippen LogP contribution in [0.3, 0.4) is 0 Å². The van der Waals surface area contributed by atoms with Crippen molar-refractivity contribution in [2.24, 2.45) is 0 Å². The van der Waals surface area contributed by atoms with E-state index in [-0.39, 0.29) is 0 Å². The molecule has 122 valence electrons. The number of hydrogen-bond acceptors (Lipinski definition) is 4. The van der Waals surface area contributed by atoms with E-state index >= 15 is 0 Å². The average Bonchev–Trinajstić information content (AvgIpc) is 3.14. The zero-order valence-electron chi connectivity index (χ0n) is 13.4. The van der Waals surface area contributed by atoms with E-state index in [0.29, 0.717) is 18.6 Å². The molecule has 22 heavy (non-hydrogen) atoms. The van der Waals surface area contributed by atoms with Crippen molar-refractivity contribution in [1.29, 1.82) is 0 Å². The Hall–Kier alpha value is -1.40. The molecule has 0 bridgehead atoms. The first-order chi connectivity index (χ1) is 10.8. The van der Waals surface area contributed by atoms with Crippen LogP contribution in [-0.2, 0) is 22.6 Å². The molecule has 2 aliphatic heterocycles. The number of imidazole rings is 1. The van der Waals surface area contributed by atoms with Crippen molar-refractivity contribution in [3.63, 3.8) is 0 Å². The van der Waals surface area contributed by atoms with Crippen molar-refractivity contribution < 1.29 is 9.53 Å². The molecule has 1 aromatic rings. The topological polar surface area (TPSA) is 50.6 Å². The molecule has 0 aliphatic carbocycles. The van der Waals surface area contributed by atoms with Gasteiger partial charge in [-0.25, -0.2) is 4.98 Å². The van der Waals surface area contributed by atoms with Gasteiger partial charge in [-0.3, -0.25) is 9.69 Å². The molecule has 0 radical (unpaired) electrons. The minimum absolute atomic E-state index is 0.344. The van der Waals surface area contributed by atoms with Crippen LogP contribution >= 0.6 is 0 Å². The zero-order chi connectivity index (χ0) is 15.4. The summed E-state index contributed by atoms with van der Waals surface area (Å²) in [5.41, 5.74) is 1.23. The van der Waals surface area contributed by atoms with Gasteiger partial charge in [0.25, 0.3) is 0 Å². The van der Waals surface area contributed by atoms with E-state index in [1.165, 1.54) is 12.1 Å². The van der Waals surface area contributed by atoms with Crippen LogP contribution in [0.4, 0.5) is 0 Å². The van der Waals surface area contributed by atoms with Gasteiger partial charge in [-0.05, 0) is 25.8 Å². The van der Waals surface area contributed by atoms with Gasteiger partial charge in [0.1, 0.15) is 0 Å². The molecule has 0 saturated carbocycles. The molecule has 6 nitrogen and oxygen atoms in total. The molecule has 0 N–H and O–H groups in total. The van der Waals surface area contributed by atoms with Gasteiger partial charge in [0.15, 0.2) is 0 Å². The molecule has 2 aliphatic rings. The van der Waals surface area contributed by atoms with Crippen molar-refractivity contribution in [1.82, 2.24) is 19.4 Å². The Bertz CT molecular complexity index is 502. The molecular weight excluding hydrogens is 280 g/mol. The number of piperidine rings is 1. The van der Waals surface area contributed by atoms with Crippen molar-refractivity contribution in [2.75, 3.05) is 33.4 Å². The average molecular weight is 306 g/mol. The fraction of sp³-hybridized carbons (Fsp3) is 0.750. The van der Waals surface area contributed by atoms with Gasteiger partial charge in [0.05, 0.1) is 18.6 Å². The number of likely N-dealkylation sites (tertiary alicyclic amines) is 2. The fourth-order valence-corrected chi connectivity index (χ4v) is 3.58. The van der Waals surface area contributed by atoms with E-state index in [9.17, 15) is 4.79 Å². The minimum atomic E-state index is 0.344. The predicted octanol–water partition coefficient (Wildman–Crippen LogP) is 1.12. The second-order valence-corrected chi connectivity index (χ2v) is 6.29. The second kappa shape index (κ2) is 7.24. The second-order valence-electron chi connectivity index (χ2n) is 6.29. The van der Waals surface area contributed by atoms with E-state index < -0.39 is 0 Å². The summed E-state index contributed by atoms with van der Waals surface area (Å²) in [5, 5.41) is 0. The molecule has 3 heterocycles. The standard InChI is InChI=1S/C16H26N4O2/c1-22-9-8-19-13-17-10-15(19)12-18-6-2-4-14(11-18)20-7-3-5-16(20)21/h10,13-14H,2-9,11-12H2,1H3/t14-/m0/s1. The Morgan fingerprint density at radius 3 is 3.05 bits per heavy atom. The zero-order valence-corrected chi connectivity index (χ0v) is 13.4. The summed E-state index contributed by atoms with van der Waals surface area (Å²) in [6.45, 7) is 5.49. The molecule has 1 aromatic heterocycles. The Kier molecular flexibility index (Phi) is 5.10. The van der Waals surface area contributed by atoms with Gasteiger partial charge in [0.2, 0.25) is 5.91 Å². The number of rotatable bonds is 6. The third kappa shape index (κ3) is 3.50. The molecule has 0 unspecified atom stereocenters. The van der Waals surface area contributed by atoms with E-state index in [0.717, 1.165) is 52.0 Å². The maximum absolute atomic E-state index is 11.9. The Morgan fingerprint density at radius 1 is 1.36 bits per heavy atom. The largest absolute Gasteiger partial charge is 0.383 e. The van der Waals surface area contributed by atoms with Gasteiger partial charge < -0.3 is 14.2 Å². The highest BCUT2D eigenvalue weighted by Crippen LogP contribution is 2.22. The van der Waals surface area contributed by atoms with E-state index in [2.05, 4.69) is 19.4 Å². The third-order valence-corrected chi connectivity index (χ3v) is 4.75. The van der Waals surface area contributed by atoms with Crippen LogP contribution in [0.15, 0.2) is 12.5 Å². The number of amides is 1. The van der Waals surface area contributed by atoms with Crippen molar-refractivity contribution >= 4 is 5.91 Å². The van der Waals surface area contributed by atoms with E-state index in [4.69, 9.17) is 4.74 Å². The summed E-state index contributed by atoms with van der Waals surface area (Å²) in [6.07, 6.45) is 7.89.